The normalized spacial score (nSPS) is 16.8. The zero-order chi connectivity index (χ0) is 17.7. The molecule has 6 nitrogen and oxygen atoms in total. The fourth-order valence-electron chi connectivity index (χ4n) is 2.72. The number of benzene rings is 1. The van der Waals surface area contributed by atoms with Crippen LogP contribution in [0.3, 0.4) is 0 Å². The number of rotatable bonds is 10. The third-order valence-corrected chi connectivity index (χ3v) is 4.04. The number of ether oxygens (including phenoxy) is 3. The summed E-state index contributed by atoms with van der Waals surface area (Å²) in [5.41, 5.74) is 1.19. The predicted molar refractivity (Wildman–Crippen MR) is 116 cm³/mol. The predicted octanol–water partition coefficient (Wildman–Crippen LogP) is 2.61. The smallest absolute Gasteiger partial charge is 0.191 e. The number of hydrogen-bond acceptors (Lipinski definition) is 4. The molecule has 1 aliphatic rings. The lowest BCUT2D eigenvalue weighted by Crippen LogP contribution is -2.38. The first-order valence-electron chi connectivity index (χ1n) is 9.17. The van der Waals surface area contributed by atoms with Gasteiger partial charge in [0.25, 0.3) is 0 Å². The zero-order valence-electron chi connectivity index (χ0n) is 15.8. The molecule has 1 heterocycles. The van der Waals surface area contributed by atoms with E-state index in [-0.39, 0.29) is 30.1 Å². The van der Waals surface area contributed by atoms with Crippen LogP contribution in [0.1, 0.15) is 25.3 Å². The Morgan fingerprint density at radius 3 is 2.88 bits per heavy atom. The van der Waals surface area contributed by atoms with E-state index in [1.807, 2.05) is 18.2 Å². The molecule has 1 aromatic rings. The average molecular weight is 477 g/mol. The fourth-order valence-corrected chi connectivity index (χ4v) is 2.72. The van der Waals surface area contributed by atoms with Crippen molar-refractivity contribution in [2.45, 2.75) is 32.3 Å². The van der Waals surface area contributed by atoms with Crippen LogP contribution in [0, 0.1) is 0 Å². The lowest BCUT2D eigenvalue weighted by atomic mass is 10.1. The first-order valence-corrected chi connectivity index (χ1v) is 9.17. The van der Waals surface area contributed by atoms with Gasteiger partial charge in [-0.2, -0.15) is 0 Å². The molecule has 2 rings (SSSR count). The third-order valence-electron chi connectivity index (χ3n) is 4.04. The zero-order valence-corrected chi connectivity index (χ0v) is 18.2. The Morgan fingerprint density at radius 2 is 2.15 bits per heavy atom. The molecule has 0 saturated carbocycles. The highest BCUT2D eigenvalue weighted by molar-refractivity contribution is 14.0. The number of nitrogens with zero attached hydrogens (tertiary/aromatic N) is 1. The Labute approximate surface area is 174 Å². The van der Waals surface area contributed by atoms with E-state index in [2.05, 4.69) is 28.6 Å². The van der Waals surface area contributed by atoms with Gasteiger partial charge in [0.05, 0.1) is 19.8 Å². The Morgan fingerprint density at radius 1 is 1.31 bits per heavy atom. The first-order chi connectivity index (χ1) is 12.3. The second-order valence-corrected chi connectivity index (χ2v) is 5.96. The molecule has 0 spiro atoms. The second-order valence-electron chi connectivity index (χ2n) is 5.96. The molecule has 7 heteroatoms. The minimum Gasteiger partial charge on any atom is -0.496 e. The monoisotopic (exact) mass is 477 g/mol. The van der Waals surface area contributed by atoms with Crippen LogP contribution in [0.5, 0.6) is 5.75 Å². The van der Waals surface area contributed by atoms with Crippen LogP contribution in [-0.4, -0.2) is 58.6 Å². The van der Waals surface area contributed by atoms with Crippen LogP contribution < -0.4 is 15.4 Å². The molecule has 0 radical (unpaired) electrons. The van der Waals surface area contributed by atoms with Gasteiger partial charge in [-0.25, -0.2) is 0 Å². The second kappa shape index (κ2) is 14.1. The van der Waals surface area contributed by atoms with Crippen molar-refractivity contribution in [2.75, 3.05) is 46.6 Å². The molecule has 1 fully saturated rings. The number of para-hydroxylation sites is 1. The van der Waals surface area contributed by atoms with Crippen molar-refractivity contribution < 1.29 is 14.2 Å². The number of methoxy groups -OCH3 is 1. The molecule has 0 bridgehead atoms. The van der Waals surface area contributed by atoms with Gasteiger partial charge < -0.3 is 24.8 Å². The number of halogens is 1. The quantitative estimate of drug-likeness (QED) is 0.235. The van der Waals surface area contributed by atoms with Gasteiger partial charge in [0, 0.05) is 32.8 Å². The largest absolute Gasteiger partial charge is 0.496 e. The van der Waals surface area contributed by atoms with Crippen LogP contribution in [0.25, 0.3) is 0 Å². The minimum absolute atomic E-state index is 0. The van der Waals surface area contributed by atoms with Gasteiger partial charge in [-0.1, -0.05) is 18.2 Å². The van der Waals surface area contributed by atoms with Crippen LogP contribution in [0.2, 0.25) is 0 Å². The lowest BCUT2D eigenvalue weighted by Gasteiger charge is -2.13. The Bertz CT molecular complexity index is 523. The van der Waals surface area contributed by atoms with E-state index in [9.17, 15) is 0 Å². The molecular weight excluding hydrogens is 445 g/mol. The number of aliphatic imine (C=N–C) groups is 1. The number of hydrogen-bond donors (Lipinski definition) is 2. The first kappa shape index (κ1) is 23.0. The molecule has 1 saturated heterocycles. The van der Waals surface area contributed by atoms with Gasteiger partial charge >= 0.3 is 0 Å². The van der Waals surface area contributed by atoms with E-state index in [0.717, 1.165) is 70.4 Å². The van der Waals surface area contributed by atoms with Crippen molar-refractivity contribution in [1.82, 2.24) is 10.6 Å². The van der Waals surface area contributed by atoms with Crippen molar-refractivity contribution in [2.24, 2.45) is 4.99 Å². The van der Waals surface area contributed by atoms with Crippen LogP contribution in [0.15, 0.2) is 29.3 Å². The molecule has 0 aromatic heterocycles. The van der Waals surface area contributed by atoms with Gasteiger partial charge in [-0.15, -0.1) is 24.0 Å². The van der Waals surface area contributed by atoms with Crippen LogP contribution in [0.4, 0.5) is 0 Å². The molecule has 148 valence electrons. The molecule has 2 N–H and O–H groups in total. The summed E-state index contributed by atoms with van der Waals surface area (Å²) in [4.78, 5) is 4.60. The highest BCUT2D eigenvalue weighted by Crippen LogP contribution is 2.17. The van der Waals surface area contributed by atoms with Crippen LogP contribution >= 0.6 is 24.0 Å². The van der Waals surface area contributed by atoms with Crippen LogP contribution in [-0.2, 0) is 15.9 Å². The summed E-state index contributed by atoms with van der Waals surface area (Å²) < 4.78 is 16.4. The van der Waals surface area contributed by atoms with Gasteiger partial charge in [-0.3, -0.25) is 4.99 Å². The van der Waals surface area contributed by atoms with Crippen molar-refractivity contribution in [3.05, 3.63) is 29.8 Å². The fraction of sp³-hybridized carbons (Fsp3) is 0.632. The van der Waals surface area contributed by atoms with Crippen molar-refractivity contribution >= 4 is 29.9 Å². The summed E-state index contributed by atoms with van der Waals surface area (Å²) in [6.45, 7) is 6.76. The maximum absolute atomic E-state index is 5.76. The maximum Gasteiger partial charge on any atom is 0.191 e. The molecule has 1 aliphatic heterocycles. The third kappa shape index (κ3) is 8.55. The lowest BCUT2D eigenvalue weighted by molar-refractivity contribution is 0.0424. The molecule has 0 aliphatic carbocycles. The topological polar surface area (TPSA) is 64.1 Å². The molecule has 26 heavy (non-hydrogen) atoms. The van der Waals surface area contributed by atoms with Gasteiger partial charge in [0.1, 0.15) is 5.75 Å². The molecular formula is C19H32IN3O3. The molecule has 1 atom stereocenters. The van der Waals surface area contributed by atoms with E-state index in [1.165, 1.54) is 5.56 Å². The maximum atomic E-state index is 5.76. The van der Waals surface area contributed by atoms with E-state index in [0.29, 0.717) is 0 Å². The van der Waals surface area contributed by atoms with E-state index < -0.39 is 0 Å². The van der Waals surface area contributed by atoms with Gasteiger partial charge in [0.15, 0.2) is 5.96 Å². The summed E-state index contributed by atoms with van der Waals surface area (Å²) in [6.07, 6.45) is 3.09. The number of nitrogens with one attached hydrogen (secondary N) is 2. The van der Waals surface area contributed by atoms with Gasteiger partial charge in [-0.05, 0) is 37.8 Å². The summed E-state index contributed by atoms with van der Waals surface area (Å²) in [5.74, 6) is 1.78. The SMILES string of the molecule is CCNC(=NCCCOC1CCOC1)NCCc1ccccc1OC.I. The summed E-state index contributed by atoms with van der Waals surface area (Å²) in [6, 6.07) is 8.10. The Hall–Kier alpha value is -1.06. The van der Waals surface area contributed by atoms with Crippen molar-refractivity contribution in [3.63, 3.8) is 0 Å². The average Bonchev–Trinajstić information content (AvgIpc) is 3.15. The van der Waals surface area contributed by atoms with Crippen molar-refractivity contribution in [1.29, 1.82) is 0 Å². The summed E-state index contributed by atoms with van der Waals surface area (Å²) in [7, 11) is 1.71. The Balaban J connectivity index is 0.00000338. The summed E-state index contributed by atoms with van der Waals surface area (Å²) in [5, 5.41) is 6.65. The standard InChI is InChI=1S/C19H31N3O3.HI/c1-3-20-19(21-11-6-13-25-17-10-14-24-15-17)22-12-9-16-7-4-5-8-18(16)23-2;/h4-5,7-8,17H,3,6,9-15H2,1-2H3,(H2,20,21,22);1H. The molecule has 1 unspecified atom stereocenters. The van der Waals surface area contributed by atoms with E-state index in [1.54, 1.807) is 7.11 Å². The summed E-state index contributed by atoms with van der Waals surface area (Å²) >= 11 is 0. The van der Waals surface area contributed by atoms with Gasteiger partial charge in [0.2, 0.25) is 0 Å². The minimum atomic E-state index is 0. The highest BCUT2D eigenvalue weighted by Gasteiger charge is 2.15. The number of guanidine groups is 1. The van der Waals surface area contributed by atoms with E-state index in [4.69, 9.17) is 14.2 Å². The van der Waals surface area contributed by atoms with E-state index >= 15 is 0 Å². The Kier molecular flexibility index (Phi) is 12.4. The van der Waals surface area contributed by atoms with Crippen molar-refractivity contribution in [3.8, 4) is 5.75 Å². The molecule has 0 amide bonds. The highest BCUT2D eigenvalue weighted by atomic mass is 127. The molecule has 1 aromatic carbocycles.